The number of hydrogen-bond acceptors (Lipinski definition) is 2. The second-order valence-corrected chi connectivity index (χ2v) is 5.90. The Morgan fingerprint density at radius 1 is 1.04 bits per heavy atom. The Kier molecular flexibility index (Phi) is 6.02. The Bertz CT molecular complexity index is 732. The summed E-state index contributed by atoms with van der Waals surface area (Å²) in [6.07, 6.45) is -0.283. The second kappa shape index (κ2) is 7.99. The van der Waals surface area contributed by atoms with E-state index in [2.05, 4.69) is 10.6 Å². The lowest BCUT2D eigenvalue weighted by Crippen LogP contribution is -2.28. The number of halogens is 2. The number of nitrogens with one attached hydrogen (secondary N) is 2. The van der Waals surface area contributed by atoms with E-state index in [1.165, 1.54) is 6.07 Å². The summed E-state index contributed by atoms with van der Waals surface area (Å²) in [6.45, 7) is 2.35. The summed E-state index contributed by atoms with van der Waals surface area (Å²) in [4.78, 5) is 23.7. The molecule has 0 aromatic heterocycles. The van der Waals surface area contributed by atoms with Crippen LogP contribution in [0.3, 0.4) is 0 Å². The number of rotatable bonds is 5. The van der Waals surface area contributed by atoms with Crippen LogP contribution in [0, 0.1) is 6.92 Å². The van der Waals surface area contributed by atoms with Crippen LogP contribution in [-0.4, -0.2) is 11.8 Å². The van der Waals surface area contributed by atoms with Crippen molar-refractivity contribution < 1.29 is 9.59 Å². The molecule has 0 atom stereocenters. The van der Waals surface area contributed by atoms with Crippen LogP contribution < -0.4 is 10.6 Å². The zero-order chi connectivity index (χ0) is 16.8. The van der Waals surface area contributed by atoms with Gasteiger partial charge in [-0.15, -0.1) is 0 Å². The molecule has 2 N–H and O–H groups in total. The van der Waals surface area contributed by atoms with Crippen LogP contribution in [0.25, 0.3) is 0 Å². The summed E-state index contributed by atoms with van der Waals surface area (Å²) in [5.74, 6) is -0.805. The number of carbonyl (C=O) groups excluding carboxylic acids is 2. The zero-order valence-corrected chi connectivity index (χ0v) is 14.0. The SMILES string of the molecule is Cc1ccccc1CNC(=O)CC(=O)Nc1cc(Cl)ccc1Cl. The van der Waals surface area contributed by atoms with Crippen molar-refractivity contribution in [2.45, 2.75) is 19.9 Å². The van der Waals surface area contributed by atoms with Crippen molar-refractivity contribution >= 4 is 40.7 Å². The Labute approximate surface area is 144 Å². The molecule has 0 aliphatic rings. The fourth-order valence-electron chi connectivity index (χ4n) is 2.00. The number of benzene rings is 2. The highest BCUT2D eigenvalue weighted by atomic mass is 35.5. The molecule has 0 spiro atoms. The van der Waals surface area contributed by atoms with Crippen molar-refractivity contribution in [3.8, 4) is 0 Å². The largest absolute Gasteiger partial charge is 0.352 e. The molecule has 0 aliphatic heterocycles. The van der Waals surface area contributed by atoms with E-state index in [0.717, 1.165) is 11.1 Å². The van der Waals surface area contributed by atoms with E-state index in [9.17, 15) is 9.59 Å². The maximum atomic E-state index is 11.9. The summed E-state index contributed by atoms with van der Waals surface area (Å²) in [6, 6.07) is 12.5. The average Bonchev–Trinajstić information content (AvgIpc) is 2.50. The Morgan fingerprint density at radius 2 is 1.78 bits per heavy atom. The minimum atomic E-state index is -0.448. The standard InChI is InChI=1S/C17H16Cl2N2O2/c1-11-4-2-3-5-12(11)10-20-16(22)9-17(23)21-15-8-13(18)6-7-14(15)19/h2-8H,9-10H2,1H3,(H,20,22)(H,21,23). The van der Waals surface area contributed by atoms with Gasteiger partial charge in [-0.3, -0.25) is 9.59 Å². The number of hydrogen-bond donors (Lipinski definition) is 2. The van der Waals surface area contributed by atoms with Crippen molar-refractivity contribution in [3.63, 3.8) is 0 Å². The van der Waals surface area contributed by atoms with Crippen molar-refractivity contribution in [1.82, 2.24) is 5.32 Å². The Hall–Kier alpha value is -2.04. The lowest BCUT2D eigenvalue weighted by molar-refractivity contribution is -0.126. The van der Waals surface area contributed by atoms with E-state index in [1.807, 2.05) is 31.2 Å². The van der Waals surface area contributed by atoms with E-state index < -0.39 is 5.91 Å². The molecule has 0 saturated heterocycles. The highest BCUT2D eigenvalue weighted by Gasteiger charge is 2.11. The molecule has 6 heteroatoms. The summed E-state index contributed by atoms with van der Waals surface area (Å²) < 4.78 is 0. The first kappa shape index (κ1) is 17.3. The molecule has 2 aromatic carbocycles. The van der Waals surface area contributed by atoms with Crippen molar-refractivity contribution in [1.29, 1.82) is 0 Å². The molecule has 2 rings (SSSR count). The van der Waals surface area contributed by atoms with Crippen LogP contribution in [-0.2, 0) is 16.1 Å². The normalized spacial score (nSPS) is 10.2. The van der Waals surface area contributed by atoms with Gasteiger partial charge in [0, 0.05) is 11.6 Å². The molecule has 0 heterocycles. The second-order valence-electron chi connectivity index (χ2n) is 5.05. The minimum Gasteiger partial charge on any atom is -0.352 e. The predicted octanol–water partition coefficient (Wildman–Crippen LogP) is 3.95. The predicted molar refractivity (Wildman–Crippen MR) is 92.7 cm³/mol. The van der Waals surface area contributed by atoms with Gasteiger partial charge in [0.2, 0.25) is 11.8 Å². The van der Waals surface area contributed by atoms with Gasteiger partial charge in [-0.25, -0.2) is 0 Å². The lowest BCUT2D eigenvalue weighted by atomic mass is 10.1. The number of aryl methyl sites for hydroxylation is 1. The third-order valence-corrected chi connectivity index (χ3v) is 3.83. The molecule has 120 valence electrons. The van der Waals surface area contributed by atoms with Crippen molar-refractivity contribution in [2.24, 2.45) is 0 Å². The van der Waals surface area contributed by atoms with Gasteiger partial charge in [-0.05, 0) is 36.2 Å². The van der Waals surface area contributed by atoms with Crippen LogP contribution in [0.5, 0.6) is 0 Å². The molecular formula is C17H16Cl2N2O2. The van der Waals surface area contributed by atoms with E-state index in [1.54, 1.807) is 12.1 Å². The Morgan fingerprint density at radius 3 is 2.52 bits per heavy atom. The third-order valence-electron chi connectivity index (χ3n) is 3.26. The molecule has 4 nitrogen and oxygen atoms in total. The van der Waals surface area contributed by atoms with Gasteiger partial charge >= 0.3 is 0 Å². The number of anilines is 1. The molecule has 0 saturated carbocycles. The third kappa shape index (κ3) is 5.27. The molecule has 0 radical (unpaired) electrons. The van der Waals surface area contributed by atoms with Crippen LogP contribution >= 0.6 is 23.2 Å². The van der Waals surface area contributed by atoms with Crippen LogP contribution in [0.2, 0.25) is 10.0 Å². The minimum absolute atomic E-state index is 0.283. The van der Waals surface area contributed by atoms with E-state index in [-0.39, 0.29) is 12.3 Å². The Balaban J connectivity index is 1.86. The fourth-order valence-corrected chi connectivity index (χ4v) is 2.34. The highest BCUT2D eigenvalue weighted by molar-refractivity contribution is 6.35. The van der Waals surface area contributed by atoms with E-state index in [0.29, 0.717) is 22.3 Å². The first-order chi connectivity index (χ1) is 11.0. The van der Waals surface area contributed by atoms with Crippen LogP contribution in [0.1, 0.15) is 17.5 Å². The molecule has 0 fully saturated rings. The van der Waals surface area contributed by atoms with E-state index >= 15 is 0 Å². The molecule has 0 unspecified atom stereocenters. The molecule has 0 aliphatic carbocycles. The maximum absolute atomic E-state index is 11.9. The van der Waals surface area contributed by atoms with E-state index in [4.69, 9.17) is 23.2 Å². The maximum Gasteiger partial charge on any atom is 0.233 e. The summed E-state index contributed by atoms with van der Waals surface area (Å²) >= 11 is 11.8. The summed E-state index contributed by atoms with van der Waals surface area (Å²) in [7, 11) is 0. The smallest absolute Gasteiger partial charge is 0.233 e. The van der Waals surface area contributed by atoms with Gasteiger partial charge in [0.05, 0.1) is 10.7 Å². The van der Waals surface area contributed by atoms with Gasteiger partial charge in [0.1, 0.15) is 6.42 Å². The quantitative estimate of drug-likeness (QED) is 0.802. The number of carbonyl (C=O) groups is 2. The molecule has 2 amide bonds. The first-order valence-electron chi connectivity index (χ1n) is 7.02. The molecule has 0 bridgehead atoms. The molecule has 2 aromatic rings. The van der Waals surface area contributed by atoms with Crippen LogP contribution in [0.4, 0.5) is 5.69 Å². The fraction of sp³-hybridized carbons (Fsp3) is 0.176. The van der Waals surface area contributed by atoms with Gasteiger partial charge in [0.15, 0.2) is 0 Å². The zero-order valence-electron chi connectivity index (χ0n) is 12.5. The van der Waals surface area contributed by atoms with Crippen molar-refractivity contribution in [2.75, 3.05) is 5.32 Å². The van der Waals surface area contributed by atoms with Gasteiger partial charge in [-0.2, -0.15) is 0 Å². The summed E-state index contributed by atoms with van der Waals surface area (Å²) in [5.41, 5.74) is 2.48. The molecule has 23 heavy (non-hydrogen) atoms. The lowest BCUT2D eigenvalue weighted by Gasteiger charge is -2.09. The monoisotopic (exact) mass is 350 g/mol. The van der Waals surface area contributed by atoms with Crippen LogP contribution in [0.15, 0.2) is 42.5 Å². The summed E-state index contributed by atoms with van der Waals surface area (Å²) in [5, 5.41) is 6.12. The number of amides is 2. The first-order valence-corrected chi connectivity index (χ1v) is 7.77. The van der Waals surface area contributed by atoms with Crippen molar-refractivity contribution in [3.05, 3.63) is 63.6 Å². The van der Waals surface area contributed by atoms with Gasteiger partial charge in [0.25, 0.3) is 0 Å². The average molecular weight is 351 g/mol. The topological polar surface area (TPSA) is 58.2 Å². The van der Waals surface area contributed by atoms with Gasteiger partial charge < -0.3 is 10.6 Å². The molecular weight excluding hydrogens is 335 g/mol. The van der Waals surface area contributed by atoms with Gasteiger partial charge in [-0.1, -0.05) is 47.5 Å². The highest BCUT2D eigenvalue weighted by Crippen LogP contribution is 2.25.